The lowest BCUT2D eigenvalue weighted by molar-refractivity contribution is 0.127. The third-order valence-corrected chi connectivity index (χ3v) is 4.59. The van der Waals surface area contributed by atoms with E-state index in [1.54, 1.807) is 0 Å². The van der Waals surface area contributed by atoms with E-state index in [1.165, 1.54) is 6.42 Å². The van der Waals surface area contributed by atoms with Gasteiger partial charge in [0.1, 0.15) is 0 Å². The van der Waals surface area contributed by atoms with E-state index in [-0.39, 0.29) is 0 Å². The zero-order valence-electron chi connectivity index (χ0n) is 11.4. The van der Waals surface area contributed by atoms with Crippen LogP contribution in [-0.4, -0.2) is 49.5 Å². The molecule has 0 radical (unpaired) electrons. The Labute approximate surface area is 110 Å². The molecule has 102 valence electrons. The SMILES string of the molecule is CCOCCCNCC(C)SC1CCOC1C. The van der Waals surface area contributed by atoms with E-state index < -0.39 is 0 Å². The molecule has 0 amide bonds. The molecule has 0 spiro atoms. The van der Waals surface area contributed by atoms with Crippen LogP contribution >= 0.6 is 11.8 Å². The van der Waals surface area contributed by atoms with Gasteiger partial charge in [-0.05, 0) is 33.2 Å². The number of hydrogen-bond acceptors (Lipinski definition) is 4. The zero-order chi connectivity index (χ0) is 12.5. The van der Waals surface area contributed by atoms with E-state index in [2.05, 4.69) is 30.9 Å². The van der Waals surface area contributed by atoms with Gasteiger partial charge in [0.15, 0.2) is 0 Å². The largest absolute Gasteiger partial charge is 0.382 e. The molecule has 3 atom stereocenters. The first kappa shape index (κ1) is 15.3. The van der Waals surface area contributed by atoms with Gasteiger partial charge in [0.05, 0.1) is 6.10 Å². The molecule has 0 saturated carbocycles. The van der Waals surface area contributed by atoms with Crippen molar-refractivity contribution < 1.29 is 9.47 Å². The first-order valence-electron chi connectivity index (χ1n) is 6.79. The van der Waals surface area contributed by atoms with E-state index >= 15 is 0 Å². The monoisotopic (exact) mass is 261 g/mol. The van der Waals surface area contributed by atoms with E-state index in [4.69, 9.17) is 9.47 Å². The molecule has 4 heteroatoms. The number of ether oxygens (including phenoxy) is 2. The smallest absolute Gasteiger partial charge is 0.0666 e. The summed E-state index contributed by atoms with van der Waals surface area (Å²) < 4.78 is 10.9. The quantitative estimate of drug-likeness (QED) is 0.645. The van der Waals surface area contributed by atoms with Crippen LogP contribution < -0.4 is 5.32 Å². The van der Waals surface area contributed by atoms with Crippen LogP contribution in [-0.2, 0) is 9.47 Å². The Morgan fingerprint density at radius 1 is 1.53 bits per heavy atom. The number of nitrogens with one attached hydrogen (secondary N) is 1. The Bertz CT molecular complexity index is 192. The summed E-state index contributed by atoms with van der Waals surface area (Å²) in [5, 5.41) is 4.84. The lowest BCUT2D eigenvalue weighted by Gasteiger charge is -2.19. The van der Waals surface area contributed by atoms with Gasteiger partial charge in [-0.3, -0.25) is 0 Å². The van der Waals surface area contributed by atoms with Crippen LogP contribution in [0.3, 0.4) is 0 Å². The fourth-order valence-corrected chi connectivity index (χ4v) is 3.33. The van der Waals surface area contributed by atoms with Crippen LogP contribution in [0.1, 0.15) is 33.6 Å². The molecular formula is C13H27NO2S. The third-order valence-electron chi connectivity index (χ3n) is 2.99. The van der Waals surface area contributed by atoms with Gasteiger partial charge in [-0.25, -0.2) is 0 Å². The van der Waals surface area contributed by atoms with Crippen molar-refractivity contribution in [3.8, 4) is 0 Å². The molecule has 0 aromatic carbocycles. The molecule has 1 saturated heterocycles. The van der Waals surface area contributed by atoms with Gasteiger partial charge in [0.25, 0.3) is 0 Å². The van der Waals surface area contributed by atoms with Gasteiger partial charge >= 0.3 is 0 Å². The summed E-state index contributed by atoms with van der Waals surface area (Å²) in [6.45, 7) is 11.3. The summed E-state index contributed by atoms with van der Waals surface area (Å²) in [6.07, 6.45) is 2.75. The van der Waals surface area contributed by atoms with E-state index in [0.717, 1.165) is 39.3 Å². The average molecular weight is 261 g/mol. The van der Waals surface area contributed by atoms with E-state index in [9.17, 15) is 0 Å². The molecule has 17 heavy (non-hydrogen) atoms. The Morgan fingerprint density at radius 2 is 2.35 bits per heavy atom. The highest BCUT2D eigenvalue weighted by molar-refractivity contribution is 8.00. The van der Waals surface area contributed by atoms with E-state index in [0.29, 0.717) is 16.6 Å². The highest BCUT2D eigenvalue weighted by Gasteiger charge is 2.26. The molecular weight excluding hydrogens is 234 g/mol. The maximum Gasteiger partial charge on any atom is 0.0666 e. The van der Waals surface area contributed by atoms with Gasteiger partial charge in [0, 0.05) is 36.9 Å². The minimum absolute atomic E-state index is 0.431. The summed E-state index contributed by atoms with van der Waals surface area (Å²) >= 11 is 2.06. The van der Waals surface area contributed by atoms with Crippen molar-refractivity contribution in [3.05, 3.63) is 0 Å². The minimum Gasteiger partial charge on any atom is -0.382 e. The Hall–Kier alpha value is 0.230. The second-order valence-electron chi connectivity index (χ2n) is 4.60. The lowest BCUT2D eigenvalue weighted by Crippen LogP contribution is -2.27. The summed E-state index contributed by atoms with van der Waals surface area (Å²) in [6, 6.07) is 0. The van der Waals surface area contributed by atoms with Crippen molar-refractivity contribution in [2.24, 2.45) is 0 Å². The highest BCUT2D eigenvalue weighted by atomic mass is 32.2. The Kier molecular flexibility index (Phi) is 8.27. The normalized spacial score (nSPS) is 26.3. The number of hydrogen-bond donors (Lipinski definition) is 1. The van der Waals surface area contributed by atoms with Crippen molar-refractivity contribution in [1.82, 2.24) is 5.32 Å². The fourth-order valence-electron chi connectivity index (χ4n) is 1.99. The molecule has 0 bridgehead atoms. The summed E-state index contributed by atoms with van der Waals surface area (Å²) in [4.78, 5) is 0. The topological polar surface area (TPSA) is 30.5 Å². The van der Waals surface area contributed by atoms with Crippen molar-refractivity contribution in [3.63, 3.8) is 0 Å². The second-order valence-corrected chi connectivity index (χ2v) is 6.29. The average Bonchev–Trinajstić information content (AvgIpc) is 2.69. The molecule has 1 rings (SSSR count). The molecule has 3 unspecified atom stereocenters. The molecule has 1 fully saturated rings. The van der Waals surface area contributed by atoms with E-state index in [1.807, 2.05) is 6.92 Å². The zero-order valence-corrected chi connectivity index (χ0v) is 12.2. The van der Waals surface area contributed by atoms with Crippen LogP contribution in [0.15, 0.2) is 0 Å². The molecule has 1 aliphatic rings. The van der Waals surface area contributed by atoms with Gasteiger partial charge in [-0.1, -0.05) is 6.92 Å². The highest BCUT2D eigenvalue weighted by Crippen LogP contribution is 2.29. The minimum atomic E-state index is 0.431. The molecule has 0 aromatic rings. The van der Waals surface area contributed by atoms with Gasteiger partial charge in [-0.15, -0.1) is 0 Å². The fraction of sp³-hybridized carbons (Fsp3) is 1.00. The van der Waals surface area contributed by atoms with Gasteiger partial charge < -0.3 is 14.8 Å². The first-order chi connectivity index (χ1) is 8.24. The van der Waals surface area contributed by atoms with Crippen LogP contribution in [0.4, 0.5) is 0 Å². The van der Waals surface area contributed by atoms with Gasteiger partial charge in [-0.2, -0.15) is 11.8 Å². The number of thioether (sulfide) groups is 1. The molecule has 1 aliphatic heterocycles. The Morgan fingerprint density at radius 3 is 3.00 bits per heavy atom. The van der Waals surface area contributed by atoms with Crippen molar-refractivity contribution in [2.75, 3.05) is 32.9 Å². The van der Waals surface area contributed by atoms with Crippen molar-refractivity contribution in [1.29, 1.82) is 0 Å². The van der Waals surface area contributed by atoms with Crippen LogP contribution in [0.2, 0.25) is 0 Å². The summed E-state index contributed by atoms with van der Waals surface area (Å²) in [7, 11) is 0. The Balaban J connectivity index is 1.95. The molecule has 1 heterocycles. The molecule has 3 nitrogen and oxygen atoms in total. The van der Waals surface area contributed by atoms with Crippen molar-refractivity contribution in [2.45, 2.75) is 50.2 Å². The second kappa shape index (κ2) is 9.20. The third kappa shape index (κ3) is 6.65. The summed E-state index contributed by atoms with van der Waals surface area (Å²) in [5.41, 5.74) is 0. The van der Waals surface area contributed by atoms with Crippen LogP contribution in [0.25, 0.3) is 0 Å². The lowest BCUT2D eigenvalue weighted by atomic mass is 10.3. The molecule has 1 N–H and O–H groups in total. The predicted molar refractivity (Wildman–Crippen MR) is 74.9 cm³/mol. The first-order valence-corrected chi connectivity index (χ1v) is 7.73. The maximum absolute atomic E-state index is 5.58. The summed E-state index contributed by atoms with van der Waals surface area (Å²) in [5.74, 6) is 0. The number of rotatable bonds is 9. The maximum atomic E-state index is 5.58. The predicted octanol–water partition coefficient (Wildman–Crippen LogP) is 2.30. The van der Waals surface area contributed by atoms with Crippen molar-refractivity contribution >= 4 is 11.8 Å². The standard InChI is InChI=1S/C13H27NO2S/c1-4-15-8-5-7-14-10-11(2)17-13-6-9-16-12(13)3/h11-14H,4-10H2,1-3H3. The van der Waals surface area contributed by atoms with Crippen LogP contribution in [0.5, 0.6) is 0 Å². The molecule has 0 aliphatic carbocycles. The van der Waals surface area contributed by atoms with Gasteiger partial charge in [0.2, 0.25) is 0 Å². The van der Waals surface area contributed by atoms with Crippen LogP contribution in [0, 0.1) is 0 Å². The molecule has 0 aromatic heterocycles.